The fraction of sp³-hybridized carbons (Fsp3) is 0.923. The summed E-state index contributed by atoms with van der Waals surface area (Å²) >= 11 is 0. The van der Waals surface area contributed by atoms with E-state index >= 15 is 0 Å². The zero-order valence-corrected chi connectivity index (χ0v) is 10.7. The summed E-state index contributed by atoms with van der Waals surface area (Å²) in [6.07, 6.45) is 8.49. The molecule has 0 atom stereocenters. The quantitative estimate of drug-likeness (QED) is 0.729. The third-order valence-electron chi connectivity index (χ3n) is 3.51. The van der Waals surface area contributed by atoms with Gasteiger partial charge in [0.2, 0.25) is 5.91 Å². The van der Waals surface area contributed by atoms with E-state index in [1.807, 2.05) is 0 Å². The van der Waals surface area contributed by atoms with E-state index in [0.717, 1.165) is 12.8 Å². The van der Waals surface area contributed by atoms with E-state index in [1.165, 1.54) is 32.1 Å². The molecule has 1 saturated carbocycles. The largest absolute Gasteiger partial charge is 0.352 e. The molecule has 0 aromatic heterocycles. The predicted octanol–water partition coefficient (Wildman–Crippen LogP) is 2.21. The highest BCUT2D eigenvalue weighted by Gasteiger charge is 2.14. The van der Waals surface area contributed by atoms with Gasteiger partial charge in [0.25, 0.3) is 0 Å². The number of nitrogens with one attached hydrogen (secondary N) is 2. The Hall–Kier alpha value is -0.570. The second-order valence-electron chi connectivity index (χ2n) is 4.80. The fourth-order valence-electron chi connectivity index (χ4n) is 2.32. The van der Waals surface area contributed by atoms with Crippen molar-refractivity contribution in [1.82, 2.24) is 10.6 Å². The molecule has 0 aromatic carbocycles. The van der Waals surface area contributed by atoms with Gasteiger partial charge in [-0.05, 0) is 25.7 Å². The number of hydrogen-bond acceptors (Lipinski definition) is 2. The molecule has 0 unspecified atom stereocenters. The minimum Gasteiger partial charge on any atom is -0.352 e. The van der Waals surface area contributed by atoms with E-state index in [1.54, 1.807) is 0 Å². The second-order valence-corrected chi connectivity index (χ2v) is 4.80. The van der Waals surface area contributed by atoms with Crippen LogP contribution in [0.25, 0.3) is 0 Å². The maximum absolute atomic E-state index is 11.6. The van der Waals surface area contributed by atoms with E-state index < -0.39 is 0 Å². The molecule has 0 saturated heterocycles. The van der Waals surface area contributed by atoms with Gasteiger partial charge in [-0.25, -0.2) is 0 Å². The molecule has 1 fully saturated rings. The lowest BCUT2D eigenvalue weighted by Gasteiger charge is -2.23. The Kier molecular flexibility index (Phi) is 6.46. The lowest BCUT2D eigenvalue weighted by atomic mass is 9.95. The number of amides is 1. The Balaban J connectivity index is 2.13. The molecule has 0 radical (unpaired) electrons. The van der Waals surface area contributed by atoms with Crippen molar-refractivity contribution >= 4 is 5.91 Å². The molecule has 0 bridgehead atoms. The first-order chi connectivity index (χ1) is 7.76. The monoisotopic (exact) mass is 226 g/mol. The Labute approximate surface area is 99.4 Å². The minimum absolute atomic E-state index is 0.152. The number of carbonyl (C=O) groups excluding carboxylic acids is 1. The van der Waals surface area contributed by atoms with Crippen LogP contribution >= 0.6 is 0 Å². The highest BCUT2D eigenvalue weighted by Crippen LogP contribution is 2.16. The molecule has 2 N–H and O–H groups in total. The first kappa shape index (κ1) is 13.5. The average molecular weight is 226 g/mol. The fourth-order valence-corrected chi connectivity index (χ4v) is 2.32. The van der Waals surface area contributed by atoms with E-state index in [-0.39, 0.29) is 5.91 Å². The molecule has 0 aromatic rings. The second kappa shape index (κ2) is 7.66. The Bertz CT molecular complexity index is 196. The van der Waals surface area contributed by atoms with Crippen LogP contribution < -0.4 is 10.6 Å². The van der Waals surface area contributed by atoms with Crippen LogP contribution in [0.1, 0.15) is 58.8 Å². The summed E-state index contributed by atoms with van der Waals surface area (Å²) in [5.74, 6) is 0.152. The summed E-state index contributed by atoms with van der Waals surface area (Å²) in [5.41, 5.74) is 0. The predicted molar refractivity (Wildman–Crippen MR) is 67.4 cm³/mol. The molecule has 0 aliphatic heterocycles. The summed E-state index contributed by atoms with van der Waals surface area (Å²) in [5, 5.41) is 6.42. The van der Waals surface area contributed by atoms with Gasteiger partial charge in [-0.15, -0.1) is 0 Å². The van der Waals surface area contributed by atoms with E-state index in [2.05, 4.69) is 24.5 Å². The highest BCUT2D eigenvalue weighted by atomic mass is 16.1. The van der Waals surface area contributed by atoms with Crippen molar-refractivity contribution in [1.29, 1.82) is 0 Å². The first-order valence-electron chi connectivity index (χ1n) is 6.79. The van der Waals surface area contributed by atoms with E-state index in [4.69, 9.17) is 0 Å². The summed E-state index contributed by atoms with van der Waals surface area (Å²) in [4.78, 5) is 11.6. The van der Waals surface area contributed by atoms with Gasteiger partial charge >= 0.3 is 0 Å². The molecule has 1 amide bonds. The molecule has 1 rings (SSSR count). The van der Waals surface area contributed by atoms with Crippen LogP contribution in [0.5, 0.6) is 0 Å². The van der Waals surface area contributed by atoms with Gasteiger partial charge in [0, 0.05) is 12.1 Å². The number of rotatable bonds is 6. The Morgan fingerprint density at radius 2 is 1.81 bits per heavy atom. The van der Waals surface area contributed by atoms with Crippen molar-refractivity contribution < 1.29 is 4.79 Å². The molecule has 3 heteroatoms. The van der Waals surface area contributed by atoms with Crippen LogP contribution in [-0.4, -0.2) is 24.5 Å². The van der Waals surface area contributed by atoms with Gasteiger partial charge in [0.1, 0.15) is 0 Å². The maximum Gasteiger partial charge on any atom is 0.234 e. The van der Waals surface area contributed by atoms with Crippen molar-refractivity contribution in [2.75, 3.05) is 6.54 Å². The molecule has 0 spiro atoms. The van der Waals surface area contributed by atoms with Crippen LogP contribution in [0, 0.1) is 0 Å². The third kappa shape index (κ3) is 4.97. The first-order valence-corrected chi connectivity index (χ1v) is 6.79. The molecule has 0 heterocycles. The number of hydrogen-bond donors (Lipinski definition) is 2. The molecule has 1 aliphatic carbocycles. The molecule has 1 aliphatic rings. The maximum atomic E-state index is 11.6. The molecule has 16 heavy (non-hydrogen) atoms. The summed E-state index contributed by atoms with van der Waals surface area (Å²) in [6, 6.07) is 0.918. The normalized spacial score (nSPS) is 17.7. The van der Waals surface area contributed by atoms with Crippen molar-refractivity contribution in [3.05, 3.63) is 0 Å². The standard InChI is InChI=1S/C13H26N2O/c1-3-11(4-2)15-13(16)10-14-12-8-6-5-7-9-12/h11-12,14H,3-10H2,1-2H3,(H,15,16). The minimum atomic E-state index is 0.152. The van der Waals surface area contributed by atoms with Crippen molar-refractivity contribution in [3.63, 3.8) is 0 Å². The smallest absolute Gasteiger partial charge is 0.234 e. The molecule has 3 nitrogen and oxygen atoms in total. The van der Waals surface area contributed by atoms with Crippen molar-refractivity contribution in [2.24, 2.45) is 0 Å². The van der Waals surface area contributed by atoms with E-state index in [0.29, 0.717) is 18.6 Å². The van der Waals surface area contributed by atoms with Crippen LogP contribution in [-0.2, 0) is 4.79 Å². The Morgan fingerprint density at radius 3 is 2.38 bits per heavy atom. The SMILES string of the molecule is CCC(CC)NC(=O)CNC1CCCCC1. The molecular formula is C13H26N2O. The summed E-state index contributed by atoms with van der Waals surface area (Å²) in [7, 11) is 0. The van der Waals surface area contributed by atoms with Gasteiger partial charge < -0.3 is 10.6 Å². The van der Waals surface area contributed by atoms with Gasteiger partial charge in [0.05, 0.1) is 6.54 Å². The summed E-state index contributed by atoms with van der Waals surface area (Å²) in [6.45, 7) is 4.72. The van der Waals surface area contributed by atoms with Crippen molar-refractivity contribution in [3.8, 4) is 0 Å². The Morgan fingerprint density at radius 1 is 1.19 bits per heavy atom. The van der Waals surface area contributed by atoms with Crippen molar-refractivity contribution in [2.45, 2.75) is 70.9 Å². The highest BCUT2D eigenvalue weighted by molar-refractivity contribution is 5.78. The molecular weight excluding hydrogens is 200 g/mol. The van der Waals surface area contributed by atoms with Crippen LogP contribution in [0.2, 0.25) is 0 Å². The van der Waals surface area contributed by atoms with Gasteiger partial charge in [-0.2, -0.15) is 0 Å². The zero-order valence-electron chi connectivity index (χ0n) is 10.7. The third-order valence-corrected chi connectivity index (χ3v) is 3.51. The van der Waals surface area contributed by atoms with Crippen LogP contribution in [0.15, 0.2) is 0 Å². The van der Waals surface area contributed by atoms with Crippen LogP contribution in [0.3, 0.4) is 0 Å². The lowest BCUT2D eigenvalue weighted by Crippen LogP contribution is -2.43. The van der Waals surface area contributed by atoms with E-state index in [9.17, 15) is 4.79 Å². The van der Waals surface area contributed by atoms with Gasteiger partial charge in [-0.1, -0.05) is 33.1 Å². The average Bonchev–Trinajstić information content (AvgIpc) is 2.34. The van der Waals surface area contributed by atoms with Gasteiger partial charge in [0.15, 0.2) is 0 Å². The van der Waals surface area contributed by atoms with Gasteiger partial charge in [-0.3, -0.25) is 4.79 Å². The van der Waals surface area contributed by atoms with Crippen LogP contribution in [0.4, 0.5) is 0 Å². The molecule has 94 valence electrons. The topological polar surface area (TPSA) is 41.1 Å². The summed E-state index contributed by atoms with van der Waals surface area (Å²) < 4.78 is 0. The zero-order chi connectivity index (χ0) is 11.8. The lowest BCUT2D eigenvalue weighted by molar-refractivity contribution is -0.121. The number of carbonyl (C=O) groups is 1.